The van der Waals surface area contributed by atoms with Gasteiger partial charge in [0.25, 0.3) is 0 Å². The number of halogens is 1. The summed E-state index contributed by atoms with van der Waals surface area (Å²) >= 11 is 3.23. The normalized spacial score (nSPS) is 17.1. The maximum Gasteiger partial charge on any atom is 0.240 e. The summed E-state index contributed by atoms with van der Waals surface area (Å²) in [5.74, 6) is 0. The SMILES string of the molecule is Nc1cc(S(=O)(=O)NC2CCC2)ccc1Br. The number of nitrogens with two attached hydrogens (primary N) is 1. The number of benzene rings is 1. The van der Waals surface area contributed by atoms with E-state index < -0.39 is 10.0 Å². The van der Waals surface area contributed by atoms with Crippen LogP contribution in [-0.4, -0.2) is 14.5 Å². The largest absolute Gasteiger partial charge is 0.398 e. The molecule has 0 bridgehead atoms. The van der Waals surface area contributed by atoms with Gasteiger partial charge in [-0.15, -0.1) is 0 Å². The number of rotatable bonds is 3. The lowest BCUT2D eigenvalue weighted by Crippen LogP contribution is -2.39. The van der Waals surface area contributed by atoms with Crippen LogP contribution in [0, 0.1) is 0 Å². The van der Waals surface area contributed by atoms with Crippen molar-refractivity contribution in [2.45, 2.75) is 30.2 Å². The third-order valence-electron chi connectivity index (χ3n) is 2.70. The molecule has 3 N–H and O–H groups in total. The first-order valence-corrected chi connectivity index (χ1v) is 7.34. The van der Waals surface area contributed by atoms with E-state index in [0.29, 0.717) is 10.2 Å². The predicted molar refractivity (Wildman–Crippen MR) is 66.5 cm³/mol. The lowest BCUT2D eigenvalue weighted by atomic mass is 9.94. The summed E-state index contributed by atoms with van der Waals surface area (Å²) in [5.41, 5.74) is 6.08. The van der Waals surface area contributed by atoms with E-state index in [1.807, 2.05) is 0 Å². The number of hydrogen-bond donors (Lipinski definition) is 2. The Morgan fingerprint density at radius 2 is 2.06 bits per heavy atom. The molecule has 0 amide bonds. The predicted octanol–water partition coefficient (Wildman–Crippen LogP) is 1.86. The van der Waals surface area contributed by atoms with Crippen molar-refractivity contribution in [1.82, 2.24) is 4.72 Å². The Hall–Kier alpha value is -0.590. The molecule has 16 heavy (non-hydrogen) atoms. The van der Waals surface area contributed by atoms with E-state index in [9.17, 15) is 8.42 Å². The van der Waals surface area contributed by atoms with Crippen molar-refractivity contribution in [3.8, 4) is 0 Å². The first-order valence-electron chi connectivity index (χ1n) is 5.06. The molecule has 0 aliphatic heterocycles. The van der Waals surface area contributed by atoms with Gasteiger partial charge in [-0.3, -0.25) is 0 Å². The lowest BCUT2D eigenvalue weighted by molar-refractivity contribution is 0.383. The second-order valence-electron chi connectivity index (χ2n) is 3.93. The minimum absolute atomic E-state index is 0.0925. The zero-order valence-electron chi connectivity index (χ0n) is 8.61. The fourth-order valence-electron chi connectivity index (χ4n) is 1.50. The van der Waals surface area contributed by atoms with Crippen LogP contribution < -0.4 is 10.5 Å². The van der Waals surface area contributed by atoms with Crippen LogP contribution in [0.3, 0.4) is 0 Å². The van der Waals surface area contributed by atoms with E-state index in [2.05, 4.69) is 20.7 Å². The zero-order valence-corrected chi connectivity index (χ0v) is 11.0. The second kappa shape index (κ2) is 4.35. The molecular weight excluding hydrogens is 292 g/mol. The Morgan fingerprint density at radius 1 is 1.38 bits per heavy atom. The van der Waals surface area contributed by atoms with Gasteiger partial charge in [-0.05, 0) is 47.0 Å². The summed E-state index contributed by atoms with van der Waals surface area (Å²) in [6.07, 6.45) is 2.94. The van der Waals surface area contributed by atoms with Crippen molar-refractivity contribution < 1.29 is 8.42 Å². The first kappa shape index (κ1) is 11.9. The maximum atomic E-state index is 11.9. The molecule has 2 rings (SSSR count). The Kier molecular flexibility index (Phi) is 3.23. The molecular formula is C10H13BrN2O2S. The Balaban J connectivity index is 2.24. The number of anilines is 1. The van der Waals surface area contributed by atoms with Crippen LogP contribution in [0.15, 0.2) is 27.6 Å². The molecule has 1 aliphatic rings. The highest BCUT2D eigenvalue weighted by molar-refractivity contribution is 9.10. The fourth-order valence-corrected chi connectivity index (χ4v) is 3.09. The Bertz CT molecular complexity index is 498. The maximum absolute atomic E-state index is 11.9. The summed E-state index contributed by atoms with van der Waals surface area (Å²) < 4.78 is 27.2. The van der Waals surface area contributed by atoms with Crippen molar-refractivity contribution in [1.29, 1.82) is 0 Å². The van der Waals surface area contributed by atoms with Crippen LogP contribution in [0.5, 0.6) is 0 Å². The summed E-state index contributed by atoms with van der Waals surface area (Å²) in [7, 11) is -3.41. The van der Waals surface area contributed by atoms with Crippen molar-refractivity contribution in [2.24, 2.45) is 0 Å². The van der Waals surface area contributed by atoms with Gasteiger partial charge in [0.2, 0.25) is 10.0 Å². The van der Waals surface area contributed by atoms with Gasteiger partial charge in [0.05, 0.1) is 4.90 Å². The fraction of sp³-hybridized carbons (Fsp3) is 0.400. The number of nitrogens with one attached hydrogen (secondary N) is 1. The molecule has 1 fully saturated rings. The Labute approximate surface area is 103 Å². The van der Waals surface area contributed by atoms with Gasteiger partial charge in [0.15, 0.2) is 0 Å². The highest BCUT2D eigenvalue weighted by atomic mass is 79.9. The first-order chi connectivity index (χ1) is 7.49. The molecule has 1 saturated carbocycles. The van der Waals surface area contributed by atoms with Crippen LogP contribution in [0.4, 0.5) is 5.69 Å². The molecule has 0 spiro atoms. The smallest absolute Gasteiger partial charge is 0.240 e. The zero-order chi connectivity index (χ0) is 11.8. The number of nitrogen functional groups attached to an aromatic ring is 1. The molecule has 0 atom stereocenters. The van der Waals surface area contributed by atoms with Crippen molar-refractivity contribution in [3.05, 3.63) is 22.7 Å². The molecule has 1 aromatic carbocycles. The van der Waals surface area contributed by atoms with Gasteiger partial charge in [0, 0.05) is 16.2 Å². The van der Waals surface area contributed by atoms with E-state index in [1.54, 1.807) is 12.1 Å². The average Bonchev–Trinajstić information content (AvgIpc) is 2.16. The minimum Gasteiger partial charge on any atom is -0.398 e. The summed E-state index contributed by atoms with van der Waals surface area (Å²) in [5, 5.41) is 0. The number of sulfonamides is 1. The van der Waals surface area contributed by atoms with Crippen molar-refractivity contribution in [3.63, 3.8) is 0 Å². The van der Waals surface area contributed by atoms with Crippen molar-refractivity contribution >= 4 is 31.6 Å². The molecule has 0 radical (unpaired) electrons. The van der Waals surface area contributed by atoms with Gasteiger partial charge in [-0.2, -0.15) is 0 Å². The highest BCUT2D eigenvalue weighted by Gasteiger charge is 2.24. The van der Waals surface area contributed by atoms with Gasteiger partial charge in [0.1, 0.15) is 0 Å². The molecule has 4 nitrogen and oxygen atoms in total. The monoisotopic (exact) mass is 304 g/mol. The molecule has 1 aromatic rings. The van der Waals surface area contributed by atoms with Crippen LogP contribution >= 0.6 is 15.9 Å². The van der Waals surface area contributed by atoms with Gasteiger partial charge in [-0.25, -0.2) is 13.1 Å². The van der Waals surface area contributed by atoms with E-state index in [4.69, 9.17) is 5.73 Å². The van der Waals surface area contributed by atoms with Crippen LogP contribution in [0.2, 0.25) is 0 Å². The standard InChI is InChI=1S/C10H13BrN2O2S/c11-9-5-4-8(6-10(9)12)16(14,15)13-7-2-1-3-7/h4-7,13H,1-3,12H2. The number of hydrogen-bond acceptors (Lipinski definition) is 3. The van der Waals surface area contributed by atoms with E-state index in [0.717, 1.165) is 19.3 Å². The Morgan fingerprint density at radius 3 is 2.56 bits per heavy atom. The molecule has 0 aromatic heterocycles. The summed E-state index contributed by atoms with van der Waals surface area (Å²) in [4.78, 5) is 0.222. The molecule has 1 aliphatic carbocycles. The molecule has 88 valence electrons. The van der Waals surface area contributed by atoms with Crippen molar-refractivity contribution in [2.75, 3.05) is 5.73 Å². The topological polar surface area (TPSA) is 72.2 Å². The second-order valence-corrected chi connectivity index (χ2v) is 6.50. The molecule has 0 saturated heterocycles. The lowest BCUT2D eigenvalue weighted by Gasteiger charge is -2.26. The average molecular weight is 305 g/mol. The molecule has 6 heteroatoms. The molecule has 0 heterocycles. The third-order valence-corrected chi connectivity index (χ3v) is 4.95. The van der Waals surface area contributed by atoms with Crippen LogP contribution in [0.25, 0.3) is 0 Å². The summed E-state index contributed by atoms with van der Waals surface area (Å²) in [6.45, 7) is 0. The third kappa shape index (κ3) is 2.39. The van der Waals surface area contributed by atoms with E-state index in [-0.39, 0.29) is 10.9 Å². The van der Waals surface area contributed by atoms with E-state index >= 15 is 0 Å². The highest BCUT2D eigenvalue weighted by Crippen LogP contribution is 2.25. The van der Waals surface area contributed by atoms with E-state index in [1.165, 1.54) is 6.07 Å². The van der Waals surface area contributed by atoms with Crippen LogP contribution in [0.1, 0.15) is 19.3 Å². The quantitative estimate of drug-likeness (QED) is 0.837. The van der Waals surface area contributed by atoms with Crippen LogP contribution in [-0.2, 0) is 10.0 Å². The van der Waals surface area contributed by atoms with Gasteiger partial charge < -0.3 is 5.73 Å². The van der Waals surface area contributed by atoms with Gasteiger partial charge >= 0.3 is 0 Å². The van der Waals surface area contributed by atoms with Gasteiger partial charge in [-0.1, -0.05) is 6.42 Å². The molecule has 0 unspecified atom stereocenters. The summed E-state index contributed by atoms with van der Waals surface area (Å²) in [6, 6.07) is 4.74. The minimum atomic E-state index is -3.41.